The predicted octanol–water partition coefficient (Wildman–Crippen LogP) is 3.94. The second-order valence-electron chi connectivity index (χ2n) is 3.69. The summed E-state index contributed by atoms with van der Waals surface area (Å²) in [4.78, 5) is 15.3. The summed E-state index contributed by atoms with van der Waals surface area (Å²) >= 11 is 11.7. The zero-order valence-corrected chi connectivity index (χ0v) is 10.8. The zero-order valence-electron chi connectivity index (χ0n) is 9.30. The smallest absolute Gasteiger partial charge is 0.339 e. The van der Waals surface area contributed by atoms with Crippen LogP contribution in [-0.4, -0.2) is 16.1 Å². The van der Waals surface area contributed by atoms with Gasteiger partial charge in [-0.05, 0) is 18.6 Å². The summed E-state index contributed by atoms with van der Waals surface area (Å²) in [6.07, 6.45) is 0.409. The van der Waals surface area contributed by atoms with E-state index in [1.165, 1.54) is 6.07 Å². The Hall–Kier alpha value is -1.39. The Morgan fingerprint density at radius 3 is 2.67 bits per heavy atom. The number of carbonyl (C=O) groups is 1. The highest BCUT2D eigenvalue weighted by molar-refractivity contribution is 6.38. The van der Waals surface area contributed by atoms with E-state index < -0.39 is 11.8 Å². The minimum atomic E-state index is -1.18. The highest BCUT2D eigenvalue weighted by Crippen LogP contribution is 2.31. The van der Waals surface area contributed by atoms with Crippen molar-refractivity contribution in [3.05, 3.63) is 39.3 Å². The van der Waals surface area contributed by atoms with Crippen LogP contribution < -0.4 is 0 Å². The van der Waals surface area contributed by atoms with Crippen LogP contribution >= 0.6 is 23.2 Å². The average Bonchev–Trinajstić information content (AvgIpc) is 2.30. The van der Waals surface area contributed by atoms with Crippen molar-refractivity contribution < 1.29 is 14.3 Å². The lowest BCUT2D eigenvalue weighted by atomic mass is 10.1. The van der Waals surface area contributed by atoms with Gasteiger partial charge in [0.25, 0.3) is 0 Å². The average molecular weight is 288 g/mol. The van der Waals surface area contributed by atoms with Gasteiger partial charge in [0.05, 0.1) is 21.3 Å². The lowest BCUT2D eigenvalue weighted by molar-refractivity contribution is 0.0695. The third-order valence-corrected chi connectivity index (χ3v) is 3.27. The van der Waals surface area contributed by atoms with Crippen LogP contribution in [-0.2, 0) is 6.42 Å². The second kappa shape index (κ2) is 4.71. The minimum absolute atomic E-state index is 0.0140. The van der Waals surface area contributed by atoms with Crippen molar-refractivity contribution in [2.45, 2.75) is 13.3 Å². The van der Waals surface area contributed by atoms with Gasteiger partial charge in [-0.1, -0.05) is 30.1 Å². The molecule has 1 aromatic carbocycles. The number of aryl methyl sites for hydroxylation is 1. The Bertz CT molecular complexity index is 658. The number of fused-ring (bicyclic) bond motifs is 1. The van der Waals surface area contributed by atoms with Crippen molar-refractivity contribution in [1.29, 1.82) is 0 Å². The number of hydrogen-bond donors (Lipinski definition) is 1. The first-order valence-electron chi connectivity index (χ1n) is 5.16. The molecule has 0 saturated heterocycles. The number of carboxylic acid groups (broad SMARTS) is 1. The molecule has 3 nitrogen and oxygen atoms in total. The normalized spacial score (nSPS) is 10.9. The van der Waals surface area contributed by atoms with Crippen molar-refractivity contribution >= 4 is 40.1 Å². The van der Waals surface area contributed by atoms with E-state index in [4.69, 9.17) is 28.3 Å². The van der Waals surface area contributed by atoms with Crippen LogP contribution in [0.5, 0.6) is 0 Å². The van der Waals surface area contributed by atoms with E-state index in [0.29, 0.717) is 17.6 Å². The molecule has 0 amide bonds. The third-order valence-electron chi connectivity index (χ3n) is 2.59. The SMILES string of the molecule is CCc1nc2cc(Cl)c(F)cc2c(Cl)c1C(=O)O. The second-order valence-corrected chi connectivity index (χ2v) is 4.47. The standard InChI is InChI=1S/C12H8Cl2FNO2/c1-2-8-10(12(17)18)11(14)5-3-7(15)6(13)4-9(5)16-8/h3-4H,2H2,1H3,(H,17,18). The lowest BCUT2D eigenvalue weighted by Gasteiger charge is -2.09. The molecule has 0 bridgehead atoms. The maximum Gasteiger partial charge on any atom is 0.339 e. The lowest BCUT2D eigenvalue weighted by Crippen LogP contribution is -2.06. The number of nitrogens with zero attached hydrogens (tertiary/aromatic N) is 1. The van der Waals surface area contributed by atoms with Crippen LogP contribution in [0.25, 0.3) is 10.9 Å². The fraction of sp³-hybridized carbons (Fsp3) is 0.167. The van der Waals surface area contributed by atoms with Crippen molar-refractivity contribution in [2.24, 2.45) is 0 Å². The van der Waals surface area contributed by atoms with Crippen LogP contribution in [0.4, 0.5) is 4.39 Å². The fourth-order valence-electron chi connectivity index (χ4n) is 1.74. The number of carboxylic acids is 1. The molecule has 0 unspecified atom stereocenters. The summed E-state index contributed by atoms with van der Waals surface area (Å²) < 4.78 is 13.4. The number of aromatic carboxylic acids is 1. The molecule has 1 N–H and O–H groups in total. The van der Waals surface area contributed by atoms with Gasteiger partial charge in [-0.15, -0.1) is 0 Å². The topological polar surface area (TPSA) is 50.2 Å². The van der Waals surface area contributed by atoms with Crippen LogP contribution in [0.3, 0.4) is 0 Å². The molecule has 0 aliphatic heterocycles. The van der Waals surface area contributed by atoms with Gasteiger partial charge >= 0.3 is 5.97 Å². The van der Waals surface area contributed by atoms with Crippen LogP contribution in [0.2, 0.25) is 10.0 Å². The molecule has 0 fully saturated rings. The summed E-state index contributed by atoms with van der Waals surface area (Å²) in [5.74, 6) is -1.84. The largest absolute Gasteiger partial charge is 0.478 e. The Morgan fingerprint density at radius 2 is 2.11 bits per heavy atom. The van der Waals surface area contributed by atoms with Gasteiger partial charge in [-0.3, -0.25) is 4.98 Å². The highest BCUT2D eigenvalue weighted by atomic mass is 35.5. The molecule has 0 saturated carbocycles. The van der Waals surface area contributed by atoms with Crippen molar-refractivity contribution in [3.63, 3.8) is 0 Å². The van der Waals surface area contributed by atoms with Gasteiger partial charge in [0, 0.05) is 5.39 Å². The number of aromatic nitrogens is 1. The van der Waals surface area contributed by atoms with Gasteiger partial charge < -0.3 is 5.11 Å². The Morgan fingerprint density at radius 1 is 1.44 bits per heavy atom. The molecule has 18 heavy (non-hydrogen) atoms. The van der Waals surface area contributed by atoms with Gasteiger partial charge in [0.1, 0.15) is 11.4 Å². The molecule has 0 atom stereocenters. The van der Waals surface area contributed by atoms with Crippen molar-refractivity contribution in [2.75, 3.05) is 0 Å². The number of pyridine rings is 1. The summed E-state index contributed by atoms with van der Waals surface area (Å²) in [5.41, 5.74) is 0.643. The van der Waals surface area contributed by atoms with E-state index in [1.807, 2.05) is 0 Å². The van der Waals surface area contributed by atoms with E-state index in [1.54, 1.807) is 6.92 Å². The molecule has 0 aliphatic carbocycles. The molecule has 6 heteroatoms. The number of benzene rings is 1. The maximum absolute atomic E-state index is 13.4. The number of hydrogen-bond acceptors (Lipinski definition) is 2. The molecular formula is C12H8Cl2FNO2. The van der Waals surface area contributed by atoms with Gasteiger partial charge in [0.15, 0.2) is 0 Å². The van der Waals surface area contributed by atoms with E-state index in [-0.39, 0.29) is 21.0 Å². The first-order valence-corrected chi connectivity index (χ1v) is 5.91. The summed E-state index contributed by atoms with van der Waals surface area (Å²) in [7, 11) is 0. The third kappa shape index (κ3) is 2.02. The molecule has 94 valence electrons. The van der Waals surface area contributed by atoms with Gasteiger partial charge in [-0.2, -0.15) is 0 Å². The highest BCUT2D eigenvalue weighted by Gasteiger charge is 2.19. The van der Waals surface area contributed by atoms with Gasteiger partial charge in [-0.25, -0.2) is 9.18 Å². The Kier molecular flexibility index (Phi) is 3.41. The number of halogens is 3. The number of rotatable bonds is 2. The molecular weight excluding hydrogens is 280 g/mol. The van der Waals surface area contributed by atoms with Crippen LogP contribution in [0.15, 0.2) is 12.1 Å². The van der Waals surface area contributed by atoms with Crippen LogP contribution in [0, 0.1) is 5.82 Å². The molecule has 2 aromatic rings. The first-order chi connectivity index (χ1) is 8.45. The first kappa shape index (κ1) is 13.1. The molecule has 0 aliphatic rings. The molecule has 1 aromatic heterocycles. The van der Waals surface area contributed by atoms with E-state index >= 15 is 0 Å². The molecule has 1 heterocycles. The summed E-state index contributed by atoms with van der Waals surface area (Å²) in [5, 5.41) is 9.27. The molecule has 0 radical (unpaired) electrons. The minimum Gasteiger partial charge on any atom is -0.478 e. The zero-order chi connectivity index (χ0) is 13.4. The molecule has 2 rings (SSSR count). The van der Waals surface area contributed by atoms with Gasteiger partial charge in [0.2, 0.25) is 0 Å². The van der Waals surface area contributed by atoms with E-state index in [9.17, 15) is 9.18 Å². The fourth-order valence-corrected chi connectivity index (χ4v) is 2.24. The van der Waals surface area contributed by atoms with Crippen LogP contribution in [0.1, 0.15) is 23.0 Å². The quantitative estimate of drug-likeness (QED) is 0.910. The predicted molar refractivity (Wildman–Crippen MR) is 68.1 cm³/mol. The Labute approximate surface area is 112 Å². The molecule has 0 spiro atoms. The monoisotopic (exact) mass is 287 g/mol. The summed E-state index contributed by atoms with van der Waals surface area (Å²) in [6.45, 7) is 1.77. The maximum atomic E-state index is 13.4. The summed E-state index contributed by atoms with van der Waals surface area (Å²) in [6, 6.07) is 2.43. The van der Waals surface area contributed by atoms with Crippen molar-refractivity contribution in [1.82, 2.24) is 4.98 Å². The van der Waals surface area contributed by atoms with Crippen molar-refractivity contribution in [3.8, 4) is 0 Å². The Balaban J connectivity index is 2.91. The van der Waals surface area contributed by atoms with E-state index in [0.717, 1.165) is 6.07 Å². The van der Waals surface area contributed by atoms with E-state index in [2.05, 4.69) is 4.98 Å².